The standard InChI is InChI=1S/C33H40FN3O2S/c1-7-10-12-29(19-24(4)9-3)40-32(11-8-2)31(21-36)33(30(20-35)25(5)37-22-27(34)23-37)26-13-15-28(16-14-26)39-18-17-38-6/h7,10-16,19,27H,8-9,17-18,22-23H2,1-6H3/b10-7-,24-19+,29-12+,30-25+,32-11-,33-31-. The third-order valence-corrected chi connectivity index (χ3v) is 7.44. The van der Waals surface area contributed by atoms with Gasteiger partial charge in [0.25, 0.3) is 0 Å². The number of nitriles is 2. The number of rotatable bonds is 14. The van der Waals surface area contributed by atoms with Crippen molar-refractivity contribution in [3.8, 4) is 17.9 Å². The van der Waals surface area contributed by atoms with Crippen LogP contribution in [0.25, 0.3) is 5.57 Å². The molecule has 1 aromatic rings. The van der Waals surface area contributed by atoms with Gasteiger partial charge in [0.2, 0.25) is 0 Å². The van der Waals surface area contributed by atoms with Gasteiger partial charge in [0, 0.05) is 28.2 Å². The smallest absolute Gasteiger partial charge is 0.135 e. The van der Waals surface area contributed by atoms with E-state index in [2.05, 4.69) is 32.1 Å². The van der Waals surface area contributed by atoms with E-state index in [4.69, 9.17) is 9.47 Å². The van der Waals surface area contributed by atoms with Gasteiger partial charge in [-0.2, -0.15) is 10.5 Å². The first-order valence-electron chi connectivity index (χ1n) is 13.6. The summed E-state index contributed by atoms with van der Waals surface area (Å²) < 4.78 is 24.6. The molecule has 1 fully saturated rings. The van der Waals surface area contributed by atoms with Crippen molar-refractivity contribution in [2.24, 2.45) is 0 Å². The normalized spacial score (nSPS) is 16.2. The van der Waals surface area contributed by atoms with Crippen LogP contribution in [0.5, 0.6) is 5.75 Å². The Kier molecular flexibility index (Phi) is 14.1. The number of benzene rings is 1. The summed E-state index contributed by atoms with van der Waals surface area (Å²) in [5.74, 6) is 0.663. The van der Waals surface area contributed by atoms with Crippen LogP contribution in [0.15, 0.2) is 86.9 Å². The van der Waals surface area contributed by atoms with Crippen LogP contribution in [0.3, 0.4) is 0 Å². The predicted molar refractivity (Wildman–Crippen MR) is 164 cm³/mol. The van der Waals surface area contributed by atoms with E-state index in [-0.39, 0.29) is 13.1 Å². The molecule has 0 aliphatic carbocycles. The average Bonchev–Trinajstić information content (AvgIpc) is 2.94. The molecule has 1 aromatic carbocycles. The Bertz CT molecular complexity index is 1270. The Morgan fingerprint density at radius 1 is 1.10 bits per heavy atom. The molecular weight excluding hydrogens is 521 g/mol. The van der Waals surface area contributed by atoms with Crippen molar-refractivity contribution in [2.75, 3.05) is 33.4 Å². The number of nitrogens with zero attached hydrogens (tertiary/aromatic N) is 3. The summed E-state index contributed by atoms with van der Waals surface area (Å²) in [7, 11) is 1.62. The molecule has 0 radical (unpaired) electrons. The molecule has 0 atom stereocenters. The second-order valence-electron chi connectivity index (χ2n) is 9.32. The summed E-state index contributed by atoms with van der Waals surface area (Å²) in [4.78, 5) is 3.61. The molecular formula is C33H40FN3O2S. The quantitative estimate of drug-likeness (QED) is 0.129. The van der Waals surface area contributed by atoms with Crippen molar-refractivity contribution in [3.05, 3.63) is 92.4 Å². The number of methoxy groups -OCH3 is 1. The molecule has 1 saturated heterocycles. The van der Waals surface area contributed by atoms with Crippen molar-refractivity contribution < 1.29 is 13.9 Å². The Labute approximate surface area is 243 Å². The zero-order valence-electron chi connectivity index (χ0n) is 24.5. The Morgan fingerprint density at radius 2 is 1.77 bits per heavy atom. The molecule has 2 rings (SSSR count). The molecule has 0 N–H and O–H groups in total. The minimum atomic E-state index is -0.916. The Balaban J connectivity index is 2.77. The van der Waals surface area contributed by atoms with E-state index in [1.54, 1.807) is 7.11 Å². The van der Waals surface area contributed by atoms with Gasteiger partial charge in [0.1, 0.15) is 30.7 Å². The molecule has 0 saturated carbocycles. The molecule has 0 bridgehead atoms. The molecule has 1 aliphatic rings. The fraction of sp³-hybridized carbons (Fsp3) is 0.394. The second-order valence-corrected chi connectivity index (χ2v) is 10.4. The summed E-state index contributed by atoms with van der Waals surface area (Å²) >= 11 is 1.51. The fourth-order valence-corrected chi connectivity index (χ4v) is 5.10. The average molecular weight is 562 g/mol. The van der Waals surface area contributed by atoms with E-state index in [9.17, 15) is 14.9 Å². The molecule has 5 nitrogen and oxygen atoms in total. The van der Waals surface area contributed by atoms with Crippen molar-refractivity contribution in [1.82, 2.24) is 4.90 Å². The first kappa shape index (κ1) is 32.7. The number of allylic oxidation sites excluding steroid dienone is 10. The van der Waals surface area contributed by atoms with Gasteiger partial charge in [-0.1, -0.05) is 61.5 Å². The van der Waals surface area contributed by atoms with Crippen LogP contribution in [0, 0.1) is 22.7 Å². The number of alkyl halides is 1. The van der Waals surface area contributed by atoms with Gasteiger partial charge >= 0.3 is 0 Å². The van der Waals surface area contributed by atoms with Crippen LogP contribution in [0.2, 0.25) is 0 Å². The van der Waals surface area contributed by atoms with E-state index in [1.807, 2.05) is 74.2 Å². The lowest BCUT2D eigenvalue weighted by Crippen LogP contribution is -2.47. The zero-order chi connectivity index (χ0) is 29.5. The van der Waals surface area contributed by atoms with E-state index in [1.165, 1.54) is 17.3 Å². The monoisotopic (exact) mass is 561 g/mol. The van der Waals surface area contributed by atoms with Gasteiger partial charge in [-0.15, -0.1) is 0 Å². The molecule has 1 aliphatic heterocycles. The lowest BCUT2D eigenvalue weighted by molar-refractivity contribution is 0.0980. The highest BCUT2D eigenvalue weighted by atomic mass is 32.2. The van der Waals surface area contributed by atoms with Crippen molar-refractivity contribution in [3.63, 3.8) is 0 Å². The van der Waals surface area contributed by atoms with Gasteiger partial charge in [-0.3, -0.25) is 0 Å². The van der Waals surface area contributed by atoms with Crippen molar-refractivity contribution >= 4 is 17.3 Å². The number of ether oxygens (including phenoxy) is 2. The van der Waals surface area contributed by atoms with E-state index in [0.717, 1.165) is 16.2 Å². The molecule has 7 heteroatoms. The maximum atomic E-state index is 13.8. The highest BCUT2D eigenvalue weighted by Gasteiger charge is 2.30. The summed E-state index contributed by atoms with van der Waals surface area (Å²) in [6, 6.07) is 12.1. The third-order valence-electron chi connectivity index (χ3n) is 6.36. The number of hydrogen-bond donors (Lipinski definition) is 0. The topological polar surface area (TPSA) is 69.3 Å². The summed E-state index contributed by atoms with van der Waals surface area (Å²) in [5.41, 5.74) is 3.89. The number of halogens is 1. The highest BCUT2D eigenvalue weighted by Crippen LogP contribution is 2.40. The molecule has 0 aromatic heterocycles. The maximum Gasteiger partial charge on any atom is 0.135 e. The fourth-order valence-electron chi connectivity index (χ4n) is 3.94. The Morgan fingerprint density at radius 3 is 2.30 bits per heavy atom. The molecule has 0 amide bonds. The van der Waals surface area contributed by atoms with Gasteiger partial charge in [0.15, 0.2) is 0 Å². The third kappa shape index (κ3) is 9.30. The van der Waals surface area contributed by atoms with Crippen LogP contribution in [-0.4, -0.2) is 44.5 Å². The number of likely N-dealkylation sites (tertiary alicyclic amines) is 1. The molecule has 40 heavy (non-hydrogen) atoms. The largest absolute Gasteiger partial charge is 0.491 e. The minimum Gasteiger partial charge on any atom is -0.491 e. The van der Waals surface area contributed by atoms with Gasteiger partial charge < -0.3 is 14.4 Å². The number of hydrogen-bond acceptors (Lipinski definition) is 6. The van der Waals surface area contributed by atoms with Gasteiger partial charge in [-0.05, 0) is 63.5 Å². The van der Waals surface area contributed by atoms with Crippen LogP contribution in [0.4, 0.5) is 4.39 Å². The van der Waals surface area contributed by atoms with E-state index < -0.39 is 6.17 Å². The lowest BCUT2D eigenvalue weighted by Gasteiger charge is -2.37. The number of thioether (sulfide) groups is 1. The van der Waals surface area contributed by atoms with Crippen LogP contribution in [-0.2, 0) is 4.74 Å². The predicted octanol–water partition coefficient (Wildman–Crippen LogP) is 8.28. The lowest BCUT2D eigenvalue weighted by atomic mass is 9.91. The van der Waals surface area contributed by atoms with Crippen LogP contribution in [0.1, 0.15) is 53.0 Å². The zero-order valence-corrected chi connectivity index (χ0v) is 25.3. The van der Waals surface area contributed by atoms with Gasteiger partial charge in [0.05, 0.1) is 30.8 Å². The molecule has 0 spiro atoms. The van der Waals surface area contributed by atoms with Crippen molar-refractivity contribution in [1.29, 1.82) is 10.5 Å². The van der Waals surface area contributed by atoms with E-state index >= 15 is 0 Å². The van der Waals surface area contributed by atoms with Gasteiger partial charge in [-0.25, -0.2) is 4.39 Å². The van der Waals surface area contributed by atoms with Crippen molar-refractivity contribution in [2.45, 2.75) is 53.6 Å². The first-order valence-corrected chi connectivity index (χ1v) is 14.4. The summed E-state index contributed by atoms with van der Waals surface area (Å²) in [5, 5.41) is 21.0. The van der Waals surface area contributed by atoms with Crippen LogP contribution < -0.4 is 4.74 Å². The van der Waals surface area contributed by atoms with Crippen LogP contribution >= 0.6 is 11.8 Å². The SMILES string of the molecule is C\C=C/C=C(\C=C(/C)CC)SC(=C\CC)/C(C#N)=C(\C(C#N)=C(/C)N1CC(F)C1)c1ccc(OCCOC)cc1. The molecule has 1 heterocycles. The second kappa shape index (κ2) is 17.2. The highest BCUT2D eigenvalue weighted by molar-refractivity contribution is 8.07. The molecule has 0 unspecified atom stereocenters. The van der Waals surface area contributed by atoms with E-state index in [0.29, 0.717) is 53.4 Å². The Hall–Kier alpha value is -3.52. The minimum absolute atomic E-state index is 0.238. The molecule has 212 valence electrons. The summed E-state index contributed by atoms with van der Waals surface area (Å²) in [6.07, 6.45) is 10.8. The summed E-state index contributed by atoms with van der Waals surface area (Å²) in [6.45, 7) is 11.4. The first-order chi connectivity index (χ1) is 19.3. The maximum absolute atomic E-state index is 13.8.